The van der Waals surface area contributed by atoms with Crippen LogP contribution in [0.25, 0.3) is 0 Å². The van der Waals surface area contributed by atoms with Gasteiger partial charge in [0.1, 0.15) is 11.5 Å². The quantitative estimate of drug-likeness (QED) is 0.894. The topological polar surface area (TPSA) is 64.5 Å². The monoisotopic (exact) mass is 246 g/mol. The van der Waals surface area contributed by atoms with E-state index < -0.39 is 0 Å². The number of nitrogens with zero attached hydrogens (tertiary/aromatic N) is 2. The lowest BCUT2D eigenvalue weighted by molar-refractivity contribution is 0.274. The summed E-state index contributed by atoms with van der Waals surface area (Å²) in [6.07, 6.45) is 0. The zero-order valence-electron chi connectivity index (χ0n) is 10.3. The van der Waals surface area contributed by atoms with Crippen molar-refractivity contribution in [1.82, 2.24) is 9.97 Å². The third kappa shape index (κ3) is 2.95. The number of benzene rings is 1. The predicted octanol–water partition coefficient (Wildman–Crippen LogP) is 2.08. The maximum Gasteiger partial charge on any atom is 0.322 e. The zero-order valence-corrected chi connectivity index (χ0v) is 10.3. The molecule has 0 aliphatic rings. The van der Waals surface area contributed by atoms with Crippen LogP contribution >= 0.6 is 0 Å². The molecule has 18 heavy (non-hydrogen) atoms. The van der Waals surface area contributed by atoms with Gasteiger partial charge in [0.2, 0.25) is 0 Å². The Morgan fingerprint density at radius 1 is 1.17 bits per heavy atom. The number of hydrogen-bond donors (Lipinski definition) is 1. The summed E-state index contributed by atoms with van der Waals surface area (Å²) in [4.78, 5) is 8.23. The van der Waals surface area contributed by atoms with Crippen molar-refractivity contribution >= 4 is 0 Å². The van der Waals surface area contributed by atoms with Gasteiger partial charge in [-0.1, -0.05) is 6.07 Å². The van der Waals surface area contributed by atoms with E-state index in [9.17, 15) is 0 Å². The molecule has 5 heteroatoms. The SMILES string of the molecule is COc1cccc(Oc2nc(C)cc(CO)n2)c1. The van der Waals surface area contributed by atoms with Gasteiger partial charge in [0.05, 0.1) is 19.4 Å². The van der Waals surface area contributed by atoms with Crippen LogP contribution in [0.5, 0.6) is 17.5 Å². The lowest BCUT2D eigenvalue weighted by Crippen LogP contribution is -1.98. The van der Waals surface area contributed by atoms with E-state index in [2.05, 4.69) is 9.97 Å². The van der Waals surface area contributed by atoms with Gasteiger partial charge in [-0.25, -0.2) is 4.98 Å². The molecule has 5 nitrogen and oxygen atoms in total. The van der Waals surface area contributed by atoms with Crippen LogP contribution in [0.4, 0.5) is 0 Å². The van der Waals surface area contributed by atoms with Crippen LogP contribution in [0.1, 0.15) is 11.4 Å². The fourth-order valence-corrected chi connectivity index (χ4v) is 1.50. The normalized spacial score (nSPS) is 10.2. The summed E-state index contributed by atoms with van der Waals surface area (Å²) in [7, 11) is 1.59. The molecule has 0 bridgehead atoms. The molecule has 0 fully saturated rings. The Kier molecular flexibility index (Phi) is 3.74. The molecule has 0 aliphatic carbocycles. The van der Waals surface area contributed by atoms with Crippen LogP contribution in [0.2, 0.25) is 0 Å². The van der Waals surface area contributed by atoms with Gasteiger partial charge in [0.15, 0.2) is 0 Å². The Morgan fingerprint density at radius 2 is 1.94 bits per heavy atom. The molecule has 2 rings (SSSR count). The average Bonchev–Trinajstić information content (AvgIpc) is 2.38. The molecule has 0 radical (unpaired) electrons. The van der Waals surface area contributed by atoms with Crippen molar-refractivity contribution in [2.24, 2.45) is 0 Å². The molecule has 1 aromatic carbocycles. The van der Waals surface area contributed by atoms with Crippen LogP contribution in [-0.2, 0) is 6.61 Å². The summed E-state index contributed by atoms with van der Waals surface area (Å²) in [6, 6.07) is 9.09. The highest BCUT2D eigenvalue weighted by atomic mass is 16.5. The van der Waals surface area contributed by atoms with Crippen molar-refractivity contribution in [3.05, 3.63) is 41.7 Å². The summed E-state index contributed by atoms with van der Waals surface area (Å²) in [6.45, 7) is 1.68. The minimum atomic E-state index is -0.141. The number of rotatable bonds is 4. The van der Waals surface area contributed by atoms with Gasteiger partial charge in [-0.15, -0.1) is 0 Å². The van der Waals surface area contributed by atoms with Crippen molar-refractivity contribution in [2.45, 2.75) is 13.5 Å². The van der Waals surface area contributed by atoms with Gasteiger partial charge < -0.3 is 14.6 Å². The molecule has 0 atom stereocenters. The summed E-state index contributed by atoms with van der Waals surface area (Å²) in [5.41, 5.74) is 1.27. The number of aliphatic hydroxyl groups is 1. The van der Waals surface area contributed by atoms with Gasteiger partial charge >= 0.3 is 6.01 Å². The molecule has 0 amide bonds. The molecule has 2 aromatic rings. The highest BCUT2D eigenvalue weighted by molar-refractivity contribution is 5.34. The molecule has 0 unspecified atom stereocenters. The van der Waals surface area contributed by atoms with E-state index in [1.54, 1.807) is 25.3 Å². The molecule has 0 saturated heterocycles. The van der Waals surface area contributed by atoms with Gasteiger partial charge in [-0.3, -0.25) is 0 Å². The summed E-state index contributed by atoms with van der Waals surface area (Å²) >= 11 is 0. The van der Waals surface area contributed by atoms with Gasteiger partial charge in [-0.05, 0) is 25.1 Å². The first kappa shape index (κ1) is 12.3. The maximum atomic E-state index is 9.07. The Bertz CT molecular complexity index is 544. The van der Waals surface area contributed by atoms with Gasteiger partial charge in [-0.2, -0.15) is 4.98 Å². The number of ether oxygens (including phenoxy) is 2. The van der Waals surface area contributed by atoms with Crippen molar-refractivity contribution < 1.29 is 14.6 Å². The van der Waals surface area contributed by atoms with Crippen LogP contribution in [-0.4, -0.2) is 22.2 Å². The van der Waals surface area contributed by atoms with E-state index in [-0.39, 0.29) is 12.6 Å². The summed E-state index contributed by atoms with van der Waals surface area (Å²) in [5.74, 6) is 1.28. The molecule has 1 heterocycles. The van der Waals surface area contributed by atoms with Crippen molar-refractivity contribution in [3.8, 4) is 17.5 Å². The Hall–Kier alpha value is -2.14. The van der Waals surface area contributed by atoms with E-state index in [0.717, 1.165) is 5.69 Å². The first-order valence-corrected chi connectivity index (χ1v) is 5.48. The van der Waals surface area contributed by atoms with Crippen LogP contribution in [0.3, 0.4) is 0 Å². The molecule has 1 N–H and O–H groups in total. The van der Waals surface area contributed by atoms with E-state index in [1.165, 1.54) is 0 Å². The van der Waals surface area contributed by atoms with Crippen LogP contribution < -0.4 is 9.47 Å². The smallest absolute Gasteiger partial charge is 0.322 e. The van der Waals surface area contributed by atoms with Crippen molar-refractivity contribution in [2.75, 3.05) is 7.11 Å². The number of methoxy groups -OCH3 is 1. The number of aromatic nitrogens is 2. The lowest BCUT2D eigenvalue weighted by atomic mass is 10.3. The standard InChI is InChI=1S/C13H14N2O3/c1-9-6-10(8-16)15-13(14-9)18-12-5-3-4-11(7-12)17-2/h3-7,16H,8H2,1-2H3. The highest BCUT2D eigenvalue weighted by Gasteiger charge is 2.05. The van der Waals surface area contributed by atoms with Gasteiger partial charge in [0, 0.05) is 11.8 Å². The van der Waals surface area contributed by atoms with E-state index in [4.69, 9.17) is 14.6 Å². The zero-order chi connectivity index (χ0) is 13.0. The Labute approximate surface area is 105 Å². The second-order valence-electron chi connectivity index (χ2n) is 3.72. The van der Waals surface area contributed by atoms with E-state index in [1.807, 2.05) is 19.1 Å². The first-order chi connectivity index (χ1) is 8.71. The van der Waals surface area contributed by atoms with Crippen LogP contribution in [0.15, 0.2) is 30.3 Å². The molecule has 0 saturated carbocycles. The highest BCUT2D eigenvalue weighted by Crippen LogP contribution is 2.23. The van der Waals surface area contributed by atoms with Crippen molar-refractivity contribution in [1.29, 1.82) is 0 Å². The molecule has 0 aliphatic heterocycles. The largest absolute Gasteiger partial charge is 0.497 e. The second-order valence-corrected chi connectivity index (χ2v) is 3.72. The molecule has 0 spiro atoms. The molecule has 94 valence electrons. The third-order valence-electron chi connectivity index (χ3n) is 2.30. The maximum absolute atomic E-state index is 9.07. The molecule has 1 aromatic heterocycles. The van der Waals surface area contributed by atoms with Crippen LogP contribution in [0, 0.1) is 6.92 Å². The lowest BCUT2D eigenvalue weighted by Gasteiger charge is -2.07. The fraction of sp³-hybridized carbons (Fsp3) is 0.231. The van der Waals surface area contributed by atoms with E-state index in [0.29, 0.717) is 17.2 Å². The number of hydrogen-bond acceptors (Lipinski definition) is 5. The number of aryl methyl sites for hydroxylation is 1. The Balaban J connectivity index is 2.24. The fourth-order valence-electron chi connectivity index (χ4n) is 1.50. The summed E-state index contributed by atoms with van der Waals surface area (Å²) < 4.78 is 10.6. The average molecular weight is 246 g/mol. The number of aliphatic hydroxyl groups excluding tert-OH is 1. The Morgan fingerprint density at radius 3 is 2.67 bits per heavy atom. The minimum Gasteiger partial charge on any atom is -0.497 e. The second kappa shape index (κ2) is 5.46. The molecular formula is C13H14N2O3. The summed E-state index contributed by atoms with van der Waals surface area (Å²) in [5, 5.41) is 9.07. The van der Waals surface area contributed by atoms with Gasteiger partial charge in [0.25, 0.3) is 0 Å². The molecular weight excluding hydrogens is 232 g/mol. The first-order valence-electron chi connectivity index (χ1n) is 5.48. The third-order valence-corrected chi connectivity index (χ3v) is 2.30. The predicted molar refractivity (Wildman–Crippen MR) is 65.8 cm³/mol. The minimum absolute atomic E-state index is 0.141. The van der Waals surface area contributed by atoms with Crippen molar-refractivity contribution in [3.63, 3.8) is 0 Å². The van der Waals surface area contributed by atoms with E-state index >= 15 is 0 Å².